The lowest BCUT2D eigenvalue weighted by molar-refractivity contribution is -0.548. The summed E-state index contributed by atoms with van der Waals surface area (Å²) in [5.74, 6) is -29.3. The maximum Gasteiger partial charge on any atom is 0.462 e. The van der Waals surface area contributed by atoms with E-state index in [1.807, 2.05) is 18.6 Å². The second-order valence-corrected chi connectivity index (χ2v) is 14.7. The molecular weight excluding hydrogens is 927 g/mol. The molecule has 0 bridgehead atoms. The van der Waals surface area contributed by atoms with Gasteiger partial charge in [0.2, 0.25) is 5.79 Å². The molecule has 0 aromatic carbocycles. The molecule has 30 heteroatoms. The number of aliphatic hydroxyl groups is 1. The van der Waals surface area contributed by atoms with E-state index in [1.54, 1.807) is 6.92 Å². The molecule has 0 aromatic heterocycles. The molecule has 0 amide bonds. The van der Waals surface area contributed by atoms with Crippen LogP contribution in [0.4, 0.5) is 74.6 Å². The third kappa shape index (κ3) is 16.6. The molecule has 6 unspecified atom stereocenters. The second kappa shape index (κ2) is 22.6. The van der Waals surface area contributed by atoms with Crippen LogP contribution < -0.4 is 0 Å². The van der Waals surface area contributed by atoms with Gasteiger partial charge in [-0.1, -0.05) is 27.7 Å². The van der Waals surface area contributed by atoms with Gasteiger partial charge in [-0.2, -0.15) is 74.6 Å². The number of carbonyl (C=O) groups excluding carboxylic acids is 1. The molecule has 0 aromatic rings. The lowest BCUT2D eigenvalue weighted by Crippen LogP contribution is -2.68. The van der Waals surface area contributed by atoms with Gasteiger partial charge in [0, 0.05) is 13.2 Å². The van der Waals surface area contributed by atoms with Crippen LogP contribution in [-0.4, -0.2) is 163 Å². The van der Waals surface area contributed by atoms with Crippen molar-refractivity contribution < 1.29 is 137 Å². The highest BCUT2D eigenvalue weighted by molar-refractivity contribution is 5.79. The first-order valence-corrected chi connectivity index (χ1v) is 18.2. The fraction of sp³-hybridized carbons (Fsp3) is 0.970. The van der Waals surface area contributed by atoms with E-state index >= 15 is 0 Å². The van der Waals surface area contributed by atoms with Crippen molar-refractivity contribution in [3.05, 3.63) is 0 Å². The maximum atomic E-state index is 14.6. The molecule has 2 aliphatic rings. The smallest absolute Gasteiger partial charge is 0.455 e. The number of alkyl halides is 17. The number of ether oxygens (including phenoxy) is 11. The third-order valence-electron chi connectivity index (χ3n) is 7.61. The Bertz CT molecular complexity index is 1390. The number of hydrogen-bond acceptors (Lipinski definition) is 13. The van der Waals surface area contributed by atoms with Crippen LogP contribution in [0.15, 0.2) is 0 Å². The highest BCUT2D eigenvalue weighted by atomic mass is 19.4. The molecule has 13 nitrogen and oxygen atoms in total. The van der Waals surface area contributed by atoms with Crippen LogP contribution in [0.5, 0.6) is 0 Å². The van der Waals surface area contributed by atoms with Crippen molar-refractivity contribution in [2.45, 2.75) is 114 Å². The van der Waals surface area contributed by atoms with Crippen LogP contribution in [0.3, 0.4) is 0 Å². The Morgan fingerprint density at radius 3 is 1.38 bits per heavy atom. The van der Waals surface area contributed by atoms with Crippen LogP contribution in [0.2, 0.25) is 0 Å². The summed E-state index contributed by atoms with van der Waals surface area (Å²) >= 11 is 0. The summed E-state index contributed by atoms with van der Waals surface area (Å²) in [7, 11) is 0. The average Bonchev–Trinajstić information content (AvgIpc) is 3.70. The van der Waals surface area contributed by atoms with Gasteiger partial charge in [0.05, 0.1) is 59.5 Å². The minimum atomic E-state index is -8.13. The number of halogens is 17. The number of carbonyl (C=O) groups is 1. The first kappa shape index (κ1) is 58.9. The van der Waals surface area contributed by atoms with Gasteiger partial charge in [-0.25, -0.2) is 4.79 Å². The molecule has 2 heterocycles. The summed E-state index contributed by atoms with van der Waals surface area (Å²) in [6.07, 6.45) is -40.1. The van der Waals surface area contributed by atoms with Crippen molar-refractivity contribution in [2.24, 2.45) is 11.8 Å². The number of esters is 1. The molecule has 2 saturated heterocycles. The van der Waals surface area contributed by atoms with Gasteiger partial charge in [0.15, 0.2) is 5.79 Å². The van der Waals surface area contributed by atoms with Gasteiger partial charge in [0.25, 0.3) is 0 Å². The van der Waals surface area contributed by atoms with Crippen molar-refractivity contribution >= 4 is 5.97 Å². The number of hydrogen-bond donors (Lipinski definition) is 1. The highest BCUT2D eigenvalue weighted by Crippen LogP contribution is 2.56. The Hall–Kier alpha value is -2.16. The predicted octanol–water partition coefficient (Wildman–Crippen LogP) is 7.02. The summed E-state index contributed by atoms with van der Waals surface area (Å²) in [6.45, 7) is 11.1. The highest BCUT2D eigenvalue weighted by Gasteiger charge is 2.85. The van der Waals surface area contributed by atoms with Crippen molar-refractivity contribution in [1.29, 1.82) is 0 Å². The van der Waals surface area contributed by atoms with Gasteiger partial charge in [-0.05, 0) is 25.7 Å². The molecule has 2 aliphatic heterocycles. The third-order valence-corrected chi connectivity index (χ3v) is 7.61. The normalized spacial score (nSPS) is 24.9. The van der Waals surface area contributed by atoms with Gasteiger partial charge >= 0.3 is 54.3 Å². The molecular formula is C33H47F17O13. The Labute approximate surface area is 347 Å². The zero-order chi connectivity index (χ0) is 49.2. The average molecular weight is 975 g/mol. The second-order valence-electron chi connectivity index (χ2n) is 14.7. The molecule has 0 saturated carbocycles. The molecule has 1 N–H and O–H groups in total. The first-order valence-electron chi connectivity index (χ1n) is 18.2. The zero-order valence-electron chi connectivity index (χ0n) is 34.1. The topological polar surface area (TPSA) is 139 Å². The molecule has 0 aliphatic carbocycles. The lowest BCUT2D eigenvalue weighted by atomic mass is 10.2. The molecule has 2 fully saturated rings. The van der Waals surface area contributed by atoms with Crippen molar-refractivity contribution in [1.82, 2.24) is 0 Å². The minimum absolute atomic E-state index is 0.0166. The van der Waals surface area contributed by atoms with E-state index in [2.05, 4.69) is 18.6 Å². The predicted molar refractivity (Wildman–Crippen MR) is 172 cm³/mol. The van der Waals surface area contributed by atoms with Crippen LogP contribution in [0.25, 0.3) is 0 Å². The van der Waals surface area contributed by atoms with Crippen LogP contribution in [-0.2, 0) is 56.9 Å². The Morgan fingerprint density at radius 1 is 0.603 bits per heavy atom. The summed E-state index contributed by atoms with van der Waals surface area (Å²) in [5.41, 5.74) is 0. The summed E-state index contributed by atoms with van der Waals surface area (Å²) in [5, 5.41) is 9.03. The number of rotatable bonds is 24. The molecule has 0 spiro atoms. The van der Waals surface area contributed by atoms with E-state index in [0.29, 0.717) is 39.0 Å². The number of aliphatic hydroxyl groups excluding tert-OH is 1. The van der Waals surface area contributed by atoms with Gasteiger partial charge in [0.1, 0.15) is 18.8 Å². The monoisotopic (exact) mass is 974 g/mol. The molecule has 63 heavy (non-hydrogen) atoms. The van der Waals surface area contributed by atoms with Crippen molar-refractivity contribution in [3.8, 4) is 0 Å². The SMILES string of the molecule is CC(C)COCCOCC1COC(C)(CO)O1.CC(C)COCCOCC1COC(C)(COC(=O)C(F)(OC(F)(F)C(F)(OC(F)(F)C(F)(F)C(F)(F)F)C(F)(F)F)C(F)(F)F)O1. The summed E-state index contributed by atoms with van der Waals surface area (Å²) in [4.78, 5) is 11.9. The van der Waals surface area contributed by atoms with Crippen molar-refractivity contribution in [2.75, 3.05) is 79.3 Å². The molecule has 0 radical (unpaired) electrons. The Balaban J connectivity index is 0.000000969. The van der Waals surface area contributed by atoms with Crippen LogP contribution in [0.1, 0.15) is 41.5 Å². The lowest BCUT2D eigenvalue weighted by Gasteiger charge is -2.40. The standard InChI is InChI=1S/C21H23F17O8.C12H24O5/c1-10(2)6-40-4-5-41-7-11-8-43-13(3,44-11)9-42-12(39)14(22,17(26,27)28)45-21(37,38)16(25,19(32,33)34)46-20(35,36)15(23,24)18(29,30)31;1-10(2)6-14-4-5-15-7-11-8-16-12(3,9-13)17-11/h10-11H,4-9H2,1-3H3;10-11,13H,4-9H2,1-3H3. The van der Waals surface area contributed by atoms with Gasteiger partial charge in [-0.3, -0.25) is 9.47 Å². The molecule has 2 rings (SSSR count). The zero-order valence-corrected chi connectivity index (χ0v) is 34.1. The van der Waals surface area contributed by atoms with Gasteiger partial charge < -0.3 is 47.7 Å². The maximum absolute atomic E-state index is 14.6. The molecule has 6 atom stereocenters. The fourth-order valence-corrected chi connectivity index (χ4v) is 4.44. The van der Waals surface area contributed by atoms with Crippen LogP contribution in [0, 0.1) is 11.8 Å². The van der Waals surface area contributed by atoms with E-state index in [0.717, 1.165) is 13.5 Å². The fourth-order valence-electron chi connectivity index (χ4n) is 4.44. The van der Waals surface area contributed by atoms with Gasteiger partial charge in [-0.15, -0.1) is 0 Å². The summed E-state index contributed by atoms with van der Waals surface area (Å²) in [6, 6.07) is 0. The van der Waals surface area contributed by atoms with Crippen LogP contribution >= 0.6 is 0 Å². The Morgan fingerprint density at radius 2 is 1.02 bits per heavy atom. The van der Waals surface area contributed by atoms with E-state index in [1.165, 1.54) is 4.74 Å². The van der Waals surface area contributed by atoms with E-state index < -0.39 is 85.2 Å². The summed E-state index contributed by atoms with van der Waals surface area (Å²) < 4.78 is 274. The van der Waals surface area contributed by atoms with E-state index in [-0.39, 0.29) is 38.4 Å². The van der Waals surface area contributed by atoms with E-state index in [9.17, 15) is 79.4 Å². The molecule has 376 valence electrons. The minimum Gasteiger partial charge on any atom is -0.455 e. The largest absolute Gasteiger partial charge is 0.462 e. The van der Waals surface area contributed by atoms with Crippen molar-refractivity contribution in [3.63, 3.8) is 0 Å². The quantitative estimate of drug-likeness (QED) is 0.0603. The Kier molecular flexibility index (Phi) is 21.1. The van der Waals surface area contributed by atoms with E-state index in [4.69, 9.17) is 43.0 Å². The first-order chi connectivity index (χ1) is 28.3.